The van der Waals surface area contributed by atoms with Gasteiger partial charge in [-0.1, -0.05) is 42.3 Å². The molecular formula is C16H21ClO. The molecule has 1 aromatic carbocycles. The molecule has 1 nitrogen and oxygen atoms in total. The Hall–Kier alpha value is -0.790. The summed E-state index contributed by atoms with van der Waals surface area (Å²) in [5, 5.41) is 11.1. The second-order valence-electron chi connectivity index (χ2n) is 5.59. The van der Waals surface area contributed by atoms with Gasteiger partial charge in [0.2, 0.25) is 0 Å². The Morgan fingerprint density at radius 2 is 2.00 bits per heavy atom. The zero-order chi connectivity index (χ0) is 13.1. The topological polar surface area (TPSA) is 20.2 Å². The van der Waals surface area contributed by atoms with Crippen LogP contribution in [0.5, 0.6) is 0 Å². The summed E-state index contributed by atoms with van der Waals surface area (Å²) >= 11 is 5.87. The minimum Gasteiger partial charge on any atom is -0.392 e. The Balaban J connectivity index is 1.98. The van der Waals surface area contributed by atoms with Gasteiger partial charge >= 0.3 is 0 Å². The number of benzene rings is 1. The molecule has 1 aromatic rings. The highest BCUT2D eigenvalue weighted by Gasteiger charge is 2.24. The quantitative estimate of drug-likeness (QED) is 0.810. The highest BCUT2D eigenvalue weighted by atomic mass is 35.5. The van der Waals surface area contributed by atoms with Crippen molar-refractivity contribution in [1.29, 1.82) is 0 Å². The first-order valence-electron chi connectivity index (χ1n) is 6.64. The van der Waals surface area contributed by atoms with Crippen LogP contribution in [0.4, 0.5) is 0 Å². The van der Waals surface area contributed by atoms with Crippen molar-refractivity contribution in [1.82, 2.24) is 0 Å². The zero-order valence-electron chi connectivity index (χ0n) is 11.1. The number of aliphatic hydroxyl groups excluding tert-OH is 1. The van der Waals surface area contributed by atoms with E-state index in [0.717, 1.165) is 29.8 Å². The fourth-order valence-electron chi connectivity index (χ4n) is 2.92. The van der Waals surface area contributed by atoms with Crippen LogP contribution in [-0.4, -0.2) is 11.2 Å². The first-order chi connectivity index (χ1) is 8.54. The predicted octanol–water partition coefficient (Wildman–Crippen LogP) is 4.24. The second-order valence-corrected chi connectivity index (χ2v) is 6.02. The lowest BCUT2D eigenvalue weighted by Gasteiger charge is -2.29. The van der Waals surface area contributed by atoms with Crippen LogP contribution < -0.4 is 0 Å². The molecule has 3 atom stereocenters. The van der Waals surface area contributed by atoms with Crippen LogP contribution in [-0.2, 0) is 6.42 Å². The predicted molar refractivity (Wildman–Crippen MR) is 76.8 cm³/mol. The van der Waals surface area contributed by atoms with Gasteiger partial charge in [0, 0.05) is 5.02 Å². The van der Waals surface area contributed by atoms with Crippen LogP contribution in [0.1, 0.15) is 32.3 Å². The van der Waals surface area contributed by atoms with Crippen LogP contribution in [0, 0.1) is 11.8 Å². The van der Waals surface area contributed by atoms with E-state index in [4.69, 9.17) is 11.6 Å². The van der Waals surface area contributed by atoms with E-state index in [0.29, 0.717) is 11.8 Å². The number of allylic oxidation sites excluding steroid dienone is 2. The third-order valence-electron chi connectivity index (χ3n) is 3.73. The molecule has 0 bridgehead atoms. The molecule has 98 valence electrons. The molecule has 1 aliphatic rings. The number of halogens is 1. The van der Waals surface area contributed by atoms with Crippen LogP contribution >= 0.6 is 11.6 Å². The van der Waals surface area contributed by atoms with Crippen molar-refractivity contribution in [3.63, 3.8) is 0 Å². The molecule has 3 unspecified atom stereocenters. The van der Waals surface area contributed by atoms with E-state index in [1.807, 2.05) is 24.3 Å². The number of hydrogen-bond donors (Lipinski definition) is 1. The summed E-state index contributed by atoms with van der Waals surface area (Å²) in [5.74, 6) is 0.976. The summed E-state index contributed by atoms with van der Waals surface area (Å²) in [6.45, 7) is 4.39. The van der Waals surface area contributed by atoms with Gasteiger partial charge in [-0.2, -0.15) is 0 Å². The zero-order valence-corrected chi connectivity index (χ0v) is 11.8. The van der Waals surface area contributed by atoms with Gasteiger partial charge in [-0.25, -0.2) is 0 Å². The molecule has 2 heteroatoms. The lowest BCUT2D eigenvalue weighted by atomic mass is 9.79. The number of aliphatic hydroxyl groups is 1. The molecule has 0 aliphatic heterocycles. The molecule has 1 aliphatic carbocycles. The van der Waals surface area contributed by atoms with E-state index in [2.05, 4.69) is 19.9 Å². The summed E-state index contributed by atoms with van der Waals surface area (Å²) in [7, 11) is 0. The van der Waals surface area contributed by atoms with E-state index in [9.17, 15) is 5.11 Å². The van der Waals surface area contributed by atoms with Crippen molar-refractivity contribution >= 4 is 11.6 Å². The lowest BCUT2D eigenvalue weighted by molar-refractivity contribution is 0.0932. The lowest BCUT2D eigenvalue weighted by Crippen LogP contribution is -2.27. The molecule has 0 heterocycles. The molecule has 1 N–H and O–H groups in total. The Kier molecular flexibility index (Phi) is 4.47. The molecule has 2 rings (SSSR count). The molecule has 0 aromatic heterocycles. The largest absolute Gasteiger partial charge is 0.392 e. The van der Waals surface area contributed by atoms with Gasteiger partial charge in [0.25, 0.3) is 0 Å². The van der Waals surface area contributed by atoms with Gasteiger partial charge in [-0.05, 0) is 55.7 Å². The summed E-state index contributed by atoms with van der Waals surface area (Å²) in [6, 6.07) is 7.78. The van der Waals surface area contributed by atoms with Gasteiger partial charge in [0.05, 0.1) is 6.10 Å². The maximum atomic E-state index is 10.4. The standard InChI is InChI=1S/C16H21ClO/c1-11-7-12(2)9-14(8-11)16(18)10-13-3-5-15(17)6-4-13/h3-7,11,14,16,18H,8-10H2,1-2H3. The summed E-state index contributed by atoms with van der Waals surface area (Å²) in [4.78, 5) is 0. The van der Waals surface area contributed by atoms with E-state index < -0.39 is 0 Å². The van der Waals surface area contributed by atoms with Gasteiger partial charge in [0.1, 0.15) is 0 Å². The Morgan fingerprint density at radius 3 is 2.61 bits per heavy atom. The fraction of sp³-hybridized carbons (Fsp3) is 0.500. The average molecular weight is 265 g/mol. The first kappa shape index (κ1) is 13.6. The van der Waals surface area contributed by atoms with Crippen molar-refractivity contribution in [2.45, 2.75) is 39.2 Å². The van der Waals surface area contributed by atoms with Crippen molar-refractivity contribution < 1.29 is 5.11 Å². The Bertz CT molecular complexity index is 421. The number of hydrogen-bond acceptors (Lipinski definition) is 1. The average Bonchev–Trinajstić information content (AvgIpc) is 2.31. The normalized spacial score (nSPS) is 25.7. The summed E-state index contributed by atoms with van der Waals surface area (Å²) in [6.07, 6.45) is 4.91. The molecule has 0 spiro atoms. The van der Waals surface area contributed by atoms with Gasteiger partial charge in [0.15, 0.2) is 0 Å². The minimum absolute atomic E-state index is 0.253. The molecule has 0 amide bonds. The monoisotopic (exact) mass is 264 g/mol. The van der Waals surface area contributed by atoms with Gasteiger partial charge in [-0.15, -0.1) is 0 Å². The van der Waals surface area contributed by atoms with E-state index in [1.165, 1.54) is 5.57 Å². The van der Waals surface area contributed by atoms with Crippen molar-refractivity contribution in [2.24, 2.45) is 11.8 Å². The maximum absolute atomic E-state index is 10.4. The smallest absolute Gasteiger partial charge is 0.0611 e. The summed E-state index contributed by atoms with van der Waals surface area (Å²) < 4.78 is 0. The third-order valence-corrected chi connectivity index (χ3v) is 3.98. The Labute approximate surface area is 114 Å². The first-order valence-corrected chi connectivity index (χ1v) is 7.02. The van der Waals surface area contributed by atoms with E-state index in [-0.39, 0.29) is 6.10 Å². The Morgan fingerprint density at radius 1 is 1.33 bits per heavy atom. The summed E-state index contributed by atoms with van der Waals surface area (Å²) in [5.41, 5.74) is 2.57. The highest BCUT2D eigenvalue weighted by molar-refractivity contribution is 6.30. The van der Waals surface area contributed by atoms with Crippen LogP contribution in [0.2, 0.25) is 5.02 Å². The molecular weight excluding hydrogens is 244 g/mol. The van der Waals surface area contributed by atoms with Crippen molar-refractivity contribution in [3.05, 3.63) is 46.5 Å². The molecule has 0 saturated carbocycles. The second kappa shape index (κ2) is 5.90. The molecule has 0 fully saturated rings. The fourth-order valence-corrected chi connectivity index (χ4v) is 3.04. The molecule has 0 radical (unpaired) electrons. The maximum Gasteiger partial charge on any atom is 0.0611 e. The SMILES string of the molecule is CC1=CC(C)CC(C(O)Cc2ccc(Cl)cc2)C1. The van der Waals surface area contributed by atoms with Crippen LogP contribution in [0.25, 0.3) is 0 Å². The van der Waals surface area contributed by atoms with Crippen LogP contribution in [0.15, 0.2) is 35.9 Å². The van der Waals surface area contributed by atoms with E-state index >= 15 is 0 Å². The van der Waals surface area contributed by atoms with Crippen molar-refractivity contribution in [3.8, 4) is 0 Å². The number of rotatable bonds is 3. The minimum atomic E-state index is -0.253. The molecule has 0 saturated heterocycles. The third kappa shape index (κ3) is 3.60. The van der Waals surface area contributed by atoms with Gasteiger partial charge in [-0.3, -0.25) is 0 Å². The van der Waals surface area contributed by atoms with Crippen LogP contribution in [0.3, 0.4) is 0 Å². The highest BCUT2D eigenvalue weighted by Crippen LogP contribution is 2.31. The van der Waals surface area contributed by atoms with Gasteiger partial charge < -0.3 is 5.11 Å². The van der Waals surface area contributed by atoms with Crippen molar-refractivity contribution in [2.75, 3.05) is 0 Å². The molecule has 18 heavy (non-hydrogen) atoms. The van der Waals surface area contributed by atoms with E-state index in [1.54, 1.807) is 0 Å².